The van der Waals surface area contributed by atoms with Crippen molar-refractivity contribution in [2.45, 2.75) is 38.1 Å². The molecule has 0 bridgehead atoms. The Labute approximate surface area is 110 Å². The van der Waals surface area contributed by atoms with Gasteiger partial charge in [0.25, 0.3) is 0 Å². The van der Waals surface area contributed by atoms with E-state index in [1.165, 1.54) is 12.0 Å². The molecule has 18 heavy (non-hydrogen) atoms. The molecule has 0 radical (unpaired) electrons. The summed E-state index contributed by atoms with van der Waals surface area (Å²) in [5.41, 5.74) is 1.36. The first-order valence-corrected chi connectivity index (χ1v) is 6.64. The lowest BCUT2D eigenvalue weighted by Crippen LogP contribution is -2.42. The molecule has 2 atom stereocenters. The number of benzene rings is 1. The Morgan fingerprint density at radius 3 is 2.44 bits per heavy atom. The van der Waals surface area contributed by atoms with Crippen LogP contribution in [-0.2, 0) is 9.47 Å². The van der Waals surface area contributed by atoms with Crippen LogP contribution < -0.4 is 0 Å². The van der Waals surface area contributed by atoms with E-state index in [1.807, 2.05) is 0 Å². The molecule has 0 aliphatic carbocycles. The molecular weight excluding hydrogens is 226 g/mol. The molecule has 100 valence electrons. The molecule has 1 saturated heterocycles. The van der Waals surface area contributed by atoms with Crippen LogP contribution in [0.15, 0.2) is 30.3 Å². The Balaban J connectivity index is 2.11. The first-order chi connectivity index (χ1) is 8.77. The van der Waals surface area contributed by atoms with Crippen LogP contribution in [0, 0.1) is 0 Å². The Morgan fingerprint density at radius 2 is 1.83 bits per heavy atom. The van der Waals surface area contributed by atoms with Crippen LogP contribution in [0.1, 0.15) is 31.4 Å². The number of rotatable bonds is 5. The standard InChI is InChI=1S/C15H23NO2/c1-12(13-8-5-4-6-9-13)16-11-7-10-14(16)15(17-2)18-3/h4-6,8-9,12,14-15H,7,10-11H2,1-3H3/t12-,14+/m1/s1. The van der Waals surface area contributed by atoms with E-state index in [9.17, 15) is 0 Å². The van der Waals surface area contributed by atoms with Gasteiger partial charge in [-0.05, 0) is 31.9 Å². The number of hydrogen-bond acceptors (Lipinski definition) is 3. The minimum absolute atomic E-state index is 0.126. The molecule has 1 heterocycles. The molecule has 0 N–H and O–H groups in total. The van der Waals surface area contributed by atoms with Gasteiger partial charge < -0.3 is 9.47 Å². The predicted molar refractivity (Wildman–Crippen MR) is 72.4 cm³/mol. The van der Waals surface area contributed by atoms with Crippen LogP contribution in [-0.4, -0.2) is 38.0 Å². The summed E-state index contributed by atoms with van der Waals surface area (Å²) in [4.78, 5) is 2.49. The molecular formula is C15H23NO2. The highest BCUT2D eigenvalue weighted by Crippen LogP contribution is 2.31. The highest BCUT2D eigenvalue weighted by molar-refractivity contribution is 5.18. The molecule has 0 amide bonds. The Hall–Kier alpha value is -0.900. The Bertz CT molecular complexity index is 351. The molecule has 0 spiro atoms. The van der Waals surface area contributed by atoms with Crippen molar-refractivity contribution in [3.05, 3.63) is 35.9 Å². The fourth-order valence-electron chi connectivity index (χ4n) is 2.92. The molecule has 1 aromatic rings. The fraction of sp³-hybridized carbons (Fsp3) is 0.600. The highest BCUT2D eigenvalue weighted by Gasteiger charge is 2.35. The van der Waals surface area contributed by atoms with Crippen molar-refractivity contribution in [1.82, 2.24) is 4.90 Å². The van der Waals surface area contributed by atoms with E-state index < -0.39 is 0 Å². The van der Waals surface area contributed by atoms with E-state index in [2.05, 4.69) is 42.2 Å². The average Bonchev–Trinajstić information content (AvgIpc) is 2.90. The van der Waals surface area contributed by atoms with Crippen molar-refractivity contribution in [2.75, 3.05) is 20.8 Å². The van der Waals surface area contributed by atoms with Gasteiger partial charge >= 0.3 is 0 Å². The summed E-state index contributed by atoms with van der Waals surface area (Å²) in [6, 6.07) is 11.4. The molecule has 3 nitrogen and oxygen atoms in total. The van der Waals surface area contributed by atoms with Crippen LogP contribution in [0.5, 0.6) is 0 Å². The molecule has 1 aromatic carbocycles. The highest BCUT2D eigenvalue weighted by atomic mass is 16.7. The van der Waals surface area contributed by atoms with E-state index in [4.69, 9.17) is 9.47 Å². The summed E-state index contributed by atoms with van der Waals surface area (Å²) in [7, 11) is 3.44. The van der Waals surface area contributed by atoms with E-state index in [0.717, 1.165) is 13.0 Å². The Kier molecular flexibility index (Phi) is 4.75. The zero-order valence-corrected chi connectivity index (χ0v) is 11.5. The van der Waals surface area contributed by atoms with Crippen molar-refractivity contribution >= 4 is 0 Å². The summed E-state index contributed by atoms with van der Waals surface area (Å²) >= 11 is 0. The van der Waals surface area contributed by atoms with Gasteiger partial charge in [-0.1, -0.05) is 30.3 Å². The first kappa shape index (κ1) is 13.5. The number of likely N-dealkylation sites (tertiary alicyclic amines) is 1. The lowest BCUT2D eigenvalue weighted by molar-refractivity contribution is -0.144. The van der Waals surface area contributed by atoms with Gasteiger partial charge in [0, 0.05) is 20.3 Å². The minimum atomic E-state index is -0.126. The zero-order valence-electron chi connectivity index (χ0n) is 11.5. The third-order valence-corrected chi connectivity index (χ3v) is 3.90. The van der Waals surface area contributed by atoms with Crippen LogP contribution >= 0.6 is 0 Å². The second-order valence-corrected chi connectivity index (χ2v) is 4.87. The Morgan fingerprint density at radius 1 is 1.17 bits per heavy atom. The lowest BCUT2D eigenvalue weighted by Gasteiger charge is -2.34. The summed E-state index contributed by atoms with van der Waals surface area (Å²) < 4.78 is 10.9. The van der Waals surface area contributed by atoms with Gasteiger partial charge in [0.2, 0.25) is 0 Å². The summed E-state index contributed by atoms with van der Waals surface area (Å²) in [5.74, 6) is 0. The van der Waals surface area contributed by atoms with Crippen LogP contribution in [0.25, 0.3) is 0 Å². The summed E-state index contributed by atoms with van der Waals surface area (Å²) in [6.45, 7) is 3.37. The molecule has 2 rings (SSSR count). The quantitative estimate of drug-likeness (QED) is 0.749. The topological polar surface area (TPSA) is 21.7 Å². The SMILES string of the molecule is COC(OC)[C@@H]1CCCN1[C@H](C)c1ccccc1. The first-order valence-electron chi connectivity index (χ1n) is 6.64. The monoisotopic (exact) mass is 249 g/mol. The van der Waals surface area contributed by atoms with Crippen molar-refractivity contribution in [3.8, 4) is 0 Å². The second-order valence-electron chi connectivity index (χ2n) is 4.87. The van der Waals surface area contributed by atoms with Crippen LogP contribution in [0.2, 0.25) is 0 Å². The van der Waals surface area contributed by atoms with Gasteiger partial charge in [-0.3, -0.25) is 4.90 Å². The van der Waals surface area contributed by atoms with Crippen LogP contribution in [0.3, 0.4) is 0 Å². The smallest absolute Gasteiger partial charge is 0.172 e. The van der Waals surface area contributed by atoms with Crippen molar-refractivity contribution in [3.63, 3.8) is 0 Å². The van der Waals surface area contributed by atoms with Gasteiger partial charge in [0.05, 0.1) is 6.04 Å². The van der Waals surface area contributed by atoms with Gasteiger partial charge in [-0.2, -0.15) is 0 Å². The van der Waals surface area contributed by atoms with Gasteiger partial charge in [0.15, 0.2) is 6.29 Å². The lowest BCUT2D eigenvalue weighted by atomic mass is 10.1. The largest absolute Gasteiger partial charge is 0.354 e. The summed E-state index contributed by atoms with van der Waals surface area (Å²) in [5, 5.41) is 0. The maximum Gasteiger partial charge on any atom is 0.172 e. The zero-order chi connectivity index (χ0) is 13.0. The average molecular weight is 249 g/mol. The molecule has 1 aliphatic rings. The maximum absolute atomic E-state index is 5.44. The normalized spacial score (nSPS) is 22.6. The van der Waals surface area contributed by atoms with Crippen molar-refractivity contribution in [1.29, 1.82) is 0 Å². The molecule has 3 heteroatoms. The van der Waals surface area contributed by atoms with Crippen molar-refractivity contribution < 1.29 is 9.47 Å². The maximum atomic E-state index is 5.44. The minimum Gasteiger partial charge on any atom is -0.354 e. The number of methoxy groups -OCH3 is 2. The molecule has 0 aromatic heterocycles. The predicted octanol–water partition coefficient (Wildman–Crippen LogP) is 2.83. The van der Waals surface area contributed by atoms with E-state index in [-0.39, 0.29) is 6.29 Å². The molecule has 1 fully saturated rings. The number of nitrogens with zero attached hydrogens (tertiary/aromatic N) is 1. The van der Waals surface area contributed by atoms with E-state index in [1.54, 1.807) is 14.2 Å². The third-order valence-electron chi connectivity index (χ3n) is 3.90. The van der Waals surface area contributed by atoms with Crippen molar-refractivity contribution in [2.24, 2.45) is 0 Å². The van der Waals surface area contributed by atoms with E-state index >= 15 is 0 Å². The third kappa shape index (κ3) is 2.74. The van der Waals surface area contributed by atoms with Gasteiger partial charge in [-0.15, -0.1) is 0 Å². The fourth-order valence-corrected chi connectivity index (χ4v) is 2.92. The van der Waals surface area contributed by atoms with E-state index in [0.29, 0.717) is 12.1 Å². The molecule has 1 aliphatic heterocycles. The number of ether oxygens (including phenoxy) is 2. The molecule has 0 saturated carbocycles. The number of hydrogen-bond donors (Lipinski definition) is 0. The molecule has 0 unspecified atom stereocenters. The van der Waals surface area contributed by atoms with Gasteiger partial charge in [-0.25, -0.2) is 0 Å². The second kappa shape index (κ2) is 6.32. The summed E-state index contributed by atoms with van der Waals surface area (Å²) in [6.07, 6.45) is 2.23. The van der Waals surface area contributed by atoms with Crippen LogP contribution in [0.4, 0.5) is 0 Å². The van der Waals surface area contributed by atoms with Gasteiger partial charge in [0.1, 0.15) is 0 Å².